The van der Waals surface area contributed by atoms with Crippen molar-refractivity contribution >= 4 is 17.5 Å². The molecule has 2 aliphatic heterocycles. The molecule has 0 aromatic heterocycles. The summed E-state index contributed by atoms with van der Waals surface area (Å²) in [7, 11) is 0. The molecule has 0 bridgehead atoms. The smallest absolute Gasteiger partial charge is 0.228 e. The third-order valence-electron chi connectivity index (χ3n) is 5.17. The number of carbonyl (C=O) groups is 2. The van der Waals surface area contributed by atoms with E-state index in [1.807, 2.05) is 36.1 Å². The Balaban J connectivity index is 1.72. The fourth-order valence-corrected chi connectivity index (χ4v) is 3.87. The number of piperidine rings is 1. The number of hydrogen-bond acceptors (Lipinski definition) is 2. The van der Waals surface area contributed by atoms with Gasteiger partial charge in [-0.15, -0.1) is 0 Å². The summed E-state index contributed by atoms with van der Waals surface area (Å²) in [6, 6.07) is 8.31. The molecule has 3 rings (SSSR count). The molecule has 0 saturated carbocycles. The van der Waals surface area contributed by atoms with Gasteiger partial charge in [-0.25, -0.2) is 0 Å². The molecule has 2 atom stereocenters. The number of rotatable bonds is 3. The average molecular weight is 314 g/mol. The van der Waals surface area contributed by atoms with E-state index < -0.39 is 0 Å². The maximum Gasteiger partial charge on any atom is 0.228 e. The highest BCUT2D eigenvalue weighted by atomic mass is 16.2. The molecule has 0 radical (unpaired) electrons. The Morgan fingerprint density at radius 3 is 2.87 bits per heavy atom. The van der Waals surface area contributed by atoms with Crippen molar-refractivity contribution in [1.29, 1.82) is 0 Å². The van der Waals surface area contributed by atoms with E-state index in [9.17, 15) is 9.59 Å². The van der Waals surface area contributed by atoms with Crippen LogP contribution in [0.1, 0.15) is 44.6 Å². The highest BCUT2D eigenvalue weighted by molar-refractivity contribution is 6.00. The van der Waals surface area contributed by atoms with E-state index in [1.54, 1.807) is 4.90 Å². The van der Waals surface area contributed by atoms with Gasteiger partial charge in [-0.1, -0.05) is 19.1 Å². The highest BCUT2D eigenvalue weighted by Crippen LogP contribution is 2.29. The minimum Gasteiger partial charge on any atom is -0.339 e. The van der Waals surface area contributed by atoms with Crippen molar-refractivity contribution in [2.24, 2.45) is 5.92 Å². The summed E-state index contributed by atoms with van der Waals surface area (Å²) in [4.78, 5) is 29.1. The summed E-state index contributed by atoms with van der Waals surface area (Å²) >= 11 is 0. The predicted octanol–water partition coefficient (Wildman–Crippen LogP) is 3.14. The topological polar surface area (TPSA) is 40.6 Å². The number of aryl methyl sites for hydroxylation is 1. The molecule has 1 aromatic carbocycles. The number of likely N-dealkylation sites (tertiary alicyclic amines) is 1. The minimum atomic E-state index is -0.185. The van der Waals surface area contributed by atoms with E-state index in [0.29, 0.717) is 19.0 Å². The first-order valence-corrected chi connectivity index (χ1v) is 8.77. The van der Waals surface area contributed by atoms with Crippen LogP contribution in [-0.4, -0.2) is 35.8 Å². The molecule has 0 aliphatic carbocycles. The molecule has 0 N–H and O–H groups in total. The fraction of sp³-hybridized carbons (Fsp3) is 0.579. The van der Waals surface area contributed by atoms with Crippen LogP contribution < -0.4 is 4.90 Å². The summed E-state index contributed by atoms with van der Waals surface area (Å²) < 4.78 is 0. The van der Waals surface area contributed by atoms with Crippen molar-refractivity contribution in [3.63, 3.8) is 0 Å². The van der Waals surface area contributed by atoms with Crippen LogP contribution in [0.3, 0.4) is 0 Å². The minimum absolute atomic E-state index is 0.0685. The van der Waals surface area contributed by atoms with Crippen LogP contribution in [0.15, 0.2) is 24.3 Å². The van der Waals surface area contributed by atoms with E-state index >= 15 is 0 Å². The number of hydrogen-bond donors (Lipinski definition) is 0. The molecule has 2 aliphatic rings. The Labute approximate surface area is 138 Å². The lowest BCUT2D eigenvalue weighted by Gasteiger charge is -2.36. The lowest BCUT2D eigenvalue weighted by Crippen LogP contribution is -2.46. The van der Waals surface area contributed by atoms with Crippen LogP contribution >= 0.6 is 0 Å². The normalized spacial score (nSPS) is 25.0. The number of carbonyl (C=O) groups excluding carboxylic acids is 2. The van der Waals surface area contributed by atoms with Gasteiger partial charge < -0.3 is 9.80 Å². The number of amides is 2. The molecule has 2 saturated heterocycles. The van der Waals surface area contributed by atoms with Crippen LogP contribution in [0.5, 0.6) is 0 Å². The van der Waals surface area contributed by atoms with Gasteiger partial charge in [-0.3, -0.25) is 9.59 Å². The van der Waals surface area contributed by atoms with Crippen molar-refractivity contribution in [3.8, 4) is 0 Å². The summed E-state index contributed by atoms with van der Waals surface area (Å²) in [6.07, 6.45) is 4.75. The van der Waals surface area contributed by atoms with E-state index in [0.717, 1.165) is 37.1 Å². The molecule has 2 fully saturated rings. The Hall–Kier alpha value is -1.84. The van der Waals surface area contributed by atoms with Crippen molar-refractivity contribution in [2.75, 3.05) is 18.0 Å². The van der Waals surface area contributed by atoms with Crippen LogP contribution in [0.2, 0.25) is 0 Å². The van der Waals surface area contributed by atoms with Gasteiger partial charge in [0.2, 0.25) is 11.8 Å². The second-order valence-electron chi connectivity index (χ2n) is 6.83. The van der Waals surface area contributed by atoms with Crippen LogP contribution in [-0.2, 0) is 9.59 Å². The van der Waals surface area contributed by atoms with Crippen molar-refractivity contribution in [3.05, 3.63) is 29.8 Å². The van der Waals surface area contributed by atoms with Gasteiger partial charge in [-0.2, -0.15) is 0 Å². The number of benzene rings is 1. The molecule has 23 heavy (non-hydrogen) atoms. The molecule has 0 unspecified atom stereocenters. The molecule has 2 heterocycles. The SMILES string of the molecule is CC[C@H]1CCCCN1C(=O)[C@@H]1CC(=O)N(c2cccc(C)c2)C1. The third kappa shape index (κ3) is 3.26. The van der Waals surface area contributed by atoms with Crippen molar-refractivity contribution in [1.82, 2.24) is 4.90 Å². The van der Waals surface area contributed by atoms with E-state index in [2.05, 4.69) is 6.92 Å². The van der Waals surface area contributed by atoms with E-state index in [4.69, 9.17) is 0 Å². The van der Waals surface area contributed by atoms with Crippen molar-refractivity contribution < 1.29 is 9.59 Å². The van der Waals surface area contributed by atoms with Gasteiger partial charge in [0.15, 0.2) is 0 Å². The standard InChI is InChI=1S/C19H26N2O2/c1-3-16-8-4-5-10-20(16)19(23)15-12-18(22)21(13-15)17-9-6-7-14(2)11-17/h6-7,9,11,15-16H,3-5,8,10,12-13H2,1-2H3/t15-,16+/m1/s1. The quantitative estimate of drug-likeness (QED) is 0.860. The first kappa shape index (κ1) is 16.0. The Bertz CT molecular complexity index is 599. The Morgan fingerprint density at radius 2 is 2.13 bits per heavy atom. The Morgan fingerprint density at radius 1 is 1.30 bits per heavy atom. The van der Waals surface area contributed by atoms with Gasteiger partial charge >= 0.3 is 0 Å². The van der Waals surface area contributed by atoms with Gasteiger partial charge in [0, 0.05) is 31.2 Å². The molecular weight excluding hydrogens is 288 g/mol. The fourth-order valence-electron chi connectivity index (χ4n) is 3.87. The summed E-state index contributed by atoms with van der Waals surface area (Å²) in [6.45, 7) is 5.54. The zero-order valence-corrected chi connectivity index (χ0v) is 14.1. The maximum absolute atomic E-state index is 12.9. The first-order valence-electron chi connectivity index (χ1n) is 8.77. The second kappa shape index (κ2) is 6.73. The van der Waals surface area contributed by atoms with E-state index in [-0.39, 0.29) is 17.7 Å². The Kier molecular flexibility index (Phi) is 4.69. The van der Waals surface area contributed by atoms with Gasteiger partial charge in [0.05, 0.1) is 5.92 Å². The predicted molar refractivity (Wildman–Crippen MR) is 91.3 cm³/mol. The van der Waals surface area contributed by atoms with Crippen LogP contribution in [0.4, 0.5) is 5.69 Å². The molecule has 4 nitrogen and oxygen atoms in total. The molecule has 0 spiro atoms. The second-order valence-corrected chi connectivity index (χ2v) is 6.83. The third-order valence-corrected chi connectivity index (χ3v) is 5.17. The largest absolute Gasteiger partial charge is 0.339 e. The molecule has 4 heteroatoms. The molecule has 124 valence electrons. The molecular formula is C19H26N2O2. The van der Waals surface area contributed by atoms with Gasteiger partial charge in [0.25, 0.3) is 0 Å². The zero-order chi connectivity index (χ0) is 16.4. The monoisotopic (exact) mass is 314 g/mol. The molecule has 1 aromatic rings. The maximum atomic E-state index is 12.9. The van der Waals surface area contributed by atoms with Gasteiger partial charge in [-0.05, 0) is 50.3 Å². The number of anilines is 1. The number of nitrogens with zero attached hydrogens (tertiary/aromatic N) is 2. The van der Waals surface area contributed by atoms with Crippen LogP contribution in [0.25, 0.3) is 0 Å². The summed E-state index contributed by atoms with van der Waals surface area (Å²) in [5.41, 5.74) is 2.04. The first-order chi connectivity index (χ1) is 11.1. The summed E-state index contributed by atoms with van der Waals surface area (Å²) in [5.74, 6) is 0.0641. The highest BCUT2D eigenvalue weighted by Gasteiger charge is 2.39. The molecule has 2 amide bonds. The summed E-state index contributed by atoms with van der Waals surface area (Å²) in [5, 5.41) is 0. The lowest BCUT2D eigenvalue weighted by molar-refractivity contribution is -0.139. The van der Waals surface area contributed by atoms with Gasteiger partial charge in [0.1, 0.15) is 0 Å². The van der Waals surface area contributed by atoms with Crippen molar-refractivity contribution in [2.45, 2.75) is 52.0 Å². The van der Waals surface area contributed by atoms with Crippen LogP contribution in [0, 0.1) is 12.8 Å². The average Bonchev–Trinajstić information content (AvgIpc) is 2.96. The lowest BCUT2D eigenvalue weighted by atomic mass is 9.97. The zero-order valence-electron chi connectivity index (χ0n) is 14.1. The van der Waals surface area contributed by atoms with E-state index in [1.165, 1.54) is 6.42 Å².